The quantitative estimate of drug-likeness (QED) is 0.218. The molecule has 4 nitrogen and oxygen atoms in total. The number of para-hydroxylation sites is 3. The van der Waals surface area contributed by atoms with Crippen LogP contribution in [0.4, 0.5) is 0 Å². The first-order chi connectivity index (χ1) is 19.9. The summed E-state index contributed by atoms with van der Waals surface area (Å²) in [6.07, 6.45) is 5.60. The third kappa shape index (κ3) is 2.85. The molecule has 5 heterocycles. The minimum Gasteiger partial charge on any atom is -0.309 e. The Morgan fingerprint density at radius 2 is 1.25 bits per heavy atom. The van der Waals surface area contributed by atoms with Gasteiger partial charge in [-0.25, -0.2) is 4.98 Å². The Kier molecular flexibility index (Phi) is 4.30. The molecule has 0 unspecified atom stereocenters. The highest BCUT2D eigenvalue weighted by molar-refractivity contribution is 6.30. The monoisotopic (exact) mass is 510 g/mol. The van der Waals surface area contributed by atoms with Crippen LogP contribution in [-0.2, 0) is 0 Å². The fourth-order valence-corrected chi connectivity index (χ4v) is 6.55. The van der Waals surface area contributed by atoms with Crippen molar-refractivity contribution in [3.63, 3.8) is 0 Å². The molecule has 0 aliphatic carbocycles. The van der Waals surface area contributed by atoms with Gasteiger partial charge in [-0.15, -0.1) is 0 Å². The van der Waals surface area contributed by atoms with Crippen LogP contribution in [0.15, 0.2) is 134 Å². The van der Waals surface area contributed by atoms with E-state index in [9.17, 15) is 0 Å². The average Bonchev–Trinajstić information content (AvgIpc) is 3.58. The van der Waals surface area contributed by atoms with Crippen LogP contribution in [0.1, 0.15) is 0 Å². The van der Waals surface area contributed by atoms with Crippen LogP contribution in [0.25, 0.3) is 76.8 Å². The molecule has 0 N–H and O–H groups in total. The summed E-state index contributed by atoms with van der Waals surface area (Å²) >= 11 is 0. The molecule has 40 heavy (non-hydrogen) atoms. The van der Waals surface area contributed by atoms with E-state index in [0.29, 0.717) is 0 Å². The summed E-state index contributed by atoms with van der Waals surface area (Å²) in [4.78, 5) is 9.20. The van der Waals surface area contributed by atoms with E-state index in [2.05, 4.69) is 117 Å². The first-order valence-corrected chi connectivity index (χ1v) is 13.5. The molecule has 186 valence electrons. The molecular weight excluding hydrogens is 488 g/mol. The van der Waals surface area contributed by atoms with Gasteiger partial charge in [0.2, 0.25) is 0 Å². The Balaban J connectivity index is 1.49. The summed E-state index contributed by atoms with van der Waals surface area (Å²) in [6, 6.07) is 41.3. The van der Waals surface area contributed by atoms with Crippen LogP contribution in [0.2, 0.25) is 0 Å². The molecule has 4 heteroatoms. The lowest BCUT2D eigenvalue weighted by atomic mass is 10.00. The summed E-state index contributed by atoms with van der Waals surface area (Å²) in [6.45, 7) is 0. The summed E-state index contributed by atoms with van der Waals surface area (Å²) in [5, 5.41) is 7.50. The molecule has 0 aliphatic rings. The topological polar surface area (TPSA) is 35.1 Å². The molecule has 0 spiro atoms. The van der Waals surface area contributed by atoms with Gasteiger partial charge in [-0.3, -0.25) is 9.55 Å². The van der Waals surface area contributed by atoms with E-state index < -0.39 is 0 Å². The minimum absolute atomic E-state index is 0.893. The van der Waals surface area contributed by atoms with Crippen molar-refractivity contribution in [3.05, 3.63) is 134 Å². The van der Waals surface area contributed by atoms with E-state index >= 15 is 0 Å². The van der Waals surface area contributed by atoms with Gasteiger partial charge in [0.25, 0.3) is 0 Å². The first-order valence-electron chi connectivity index (χ1n) is 13.5. The molecule has 9 rings (SSSR count). The zero-order valence-electron chi connectivity index (χ0n) is 21.5. The second-order valence-corrected chi connectivity index (χ2v) is 10.3. The van der Waals surface area contributed by atoms with Crippen LogP contribution < -0.4 is 0 Å². The Morgan fingerprint density at radius 3 is 2.12 bits per heavy atom. The minimum atomic E-state index is 0.893. The number of hydrogen-bond acceptors (Lipinski definition) is 2. The van der Waals surface area contributed by atoms with Crippen molar-refractivity contribution in [1.29, 1.82) is 0 Å². The van der Waals surface area contributed by atoms with Gasteiger partial charge in [-0.1, -0.05) is 66.7 Å². The van der Waals surface area contributed by atoms with Crippen LogP contribution in [0.3, 0.4) is 0 Å². The van der Waals surface area contributed by atoms with Crippen molar-refractivity contribution in [2.24, 2.45) is 0 Å². The number of benzene rings is 4. The molecule has 0 amide bonds. The van der Waals surface area contributed by atoms with Gasteiger partial charge in [0.15, 0.2) is 0 Å². The zero-order valence-corrected chi connectivity index (χ0v) is 21.5. The average molecular weight is 511 g/mol. The lowest BCUT2D eigenvalue weighted by Gasteiger charge is -2.12. The van der Waals surface area contributed by atoms with Gasteiger partial charge >= 0.3 is 0 Å². The number of hydrogen-bond donors (Lipinski definition) is 0. The number of aromatic nitrogens is 4. The second kappa shape index (κ2) is 8.01. The smallest absolute Gasteiger partial charge is 0.138 e. The highest BCUT2D eigenvalue weighted by Gasteiger charge is 2.20. The van der Waals surface area contributed by atoms with Crippen molar-refractivity contribution < 1.29 is 0 Å². The molecule has 0 bridgehead atoms. The van der Waals surface area contributed by atoms with Gasteiger partial charge in [0.05, 0.1) is 27.6 Å². The third-order valence-corrected chi connectivity index (χ3v) is 8.21. The van der Waals surface area contributed by atoms with Crippen LogP contribution >= 0.6 is 0 Å². The summed E-state index contributed by atoms with van der Waals surface area (Å²) in [5.41, 5.74) is 8.12. The summed E-state index contributed by atoms with van der Waals surface area (Å²) < 4.78 is 4.73. The summed E-state index contributed by atoms with van der Waals surface area (Å²) in [7, 11) is 0. The van der Waals surface area contributed by atoms with E-state index in [1.165, 1.54) is 48.9 Å². The fourth-order valence-electron chi connectivity index (χ4n) is 6.55. The van der Waals surface area contributed by atoms with Gasteiger partial charge in [0.1, 0.15) is 5.82 Å². The number of pyridine rings is 3. The second-order valence-electron chi connectivity index (χ2n) is 10.3. The lowest BCUT2D eigenvalue weighted by Crippen LogP contribution is -1.98. The van der Waals surface area contributed by atoms with Crippen molar-refractivity contribution in [2.75, 3.05) is 0 Å². The maximum Gasteiger partial charge on any atom is 0.138 e. The molecule has 0 saturated heterocycles. The standard InChI is InChI=1S/C36H22N4/c1-4-12-29-24(8-1)20-33-35-27(26-10-2-5-13-30(26)39(29)33)15-16-32-36(35)28-11-3-6-14-31(28)40(32)34-21-23(17-19-38-34)25-9-7-18-37-22-25/h1-22H. The maximum absolute atomic E-state index is 4.87. The Bertz CT molecular complexity index is 2430. The van der Waals surface area contributed by atoms with E-state index in [0.717, 1.165) is 28.0 Å². The Labute approximate surface area is 229 Å². The molecular formula is C36H22N4. The third-order valence-electron chi connectivity index (χ3n) is 8.21. The SMILES string of the molecule is c1cncc(-c2ccnc(-n3c4ccccc4c4c5c(ccc43)c3ccccc3n3c4ccccc4cc53)c2)c1. The molecule has 0 atom stereocenters. The maximum atomic E-state index is 4.87. The number of nitrogens with zero attached hydrogens (tertiary/aromatic N) is 4. The van der Waals surface area contributed by atoms with Crippen LogP contribution in [0, 0.1) is 0 Å². The Morgan fingerprint density at radius 1 is 0.475 bits per heavy atom. The van der Waals surface area contributed by atoms with E-state index in [1.54, 1.807) is 6.20 Å². The van der Waals surface area contributed by atoms with Gasteiger partial charge in [-0.2, -0.15) is 0 Å². The molecule has 9 aromatic rings. The molecule has 4 aromatic carbocycles. The predicted octanol–water partition coefficient (Wildman–Crippen LogP) is 8.95. The van der Waals surface area contributed by atoms with E-state index in [1.807, 2.05) is 24.5 Å². The van der Waals surface area contributed by atoms with Crippen LogP contribution in [-0.4, -0.2) is 18.9 Å². The molecule has 0 fully saturated rings. The van der Waals surface area contributed by atoms with Gasteiger partial charge in [-0.05, 0) is 59.5 Å². The highest BCUT2D eigenvalue weighted by Crippen LogP contribution is 2.42. The van der Waals surface area contributed by atoms with Crippen molar-refractivity contribution in [1.82, 2.24) is 18.9 Å². The molecule has 0 saturated carbocycles. The predicted molar refractivity (Wildman–Crippen MR) is 165 cm³/mol. The fraction of sp³-hybridized carbons (Fsp3) is 0. The number of fused-ring (bicyclic) bond motifs is 12. The first kappa shape index (κ1) is 21.5. The highest BCUT2D eigenvalue weighted by atomic mass is 15.1. The van der Waals surface area contributed by atoms with Gasteiger partial charge in [0, 0.05) is 51.1 Å². The van der Waals surface area contributed by atoms with Crippen molar-refractivity contribution >= 4 is 59.9 Å². The zero-order chi connectivity index (χ0) is 26.2. The normalized spacial score (nSPS) is 12.0. The molecule has 0 aliphatic heterocycles. The number of rotatable bonds is 2. The molecule has 5 aromatic heterocycles. The van der Waals surface area contributed by atoms with Crippen molar-refractivity contribution in [3.8, 4) is 16.9 Å². The molecule has 0 radical (unpaired) electrons. The van der Waals surface area contributed by atoms with Gasteiger partial charge < -0.3 is 4.40 Å². The van der Waals surface area contributed by atoms with Crippen molar-refractivity contribution in [2.45, 2.75) is 0 Å². The van der Waals surface area contributed by atoms with E-state index in [-0.39, 0.29) is 0 Å². The van der Waals surface area contributed by atoms with E-state index in [4.69, 9.17) is 4.98 Å². The summed E-state index contributed by atoms with van der Waals surface area (Å²) in [5.74, 6) is 0.893. The largest absolute Gasteiger partial charge is 0.309 e. The van der Waals surface area contributed by atoms with Crippen LogP contribution in [0.5, 0.6) is 0 Å². The lowest BCUT2D eigenvalue weighted by molar-refractivity contribution is 1.08. The Hall–Kier alpha value is -5.48.